The van der Waals surface area contributed by atoms with Gasteiger partial charge in [-0.05, 0) is 56.5 Å². The van der Waals surface area contributed by atoms with Gasteiger partial charge >= 0.3 is 0 Å². The Morgan fingerprint density at radius 2 is 2.05 bits per heavy atom. The maximum absolute atomic E-state index is 6.15. The molecule has 0 aromatic rings. The molecule has 0 aromatic carbocycles. The number of hydrogen-bond acceptors (Lipinski definition) is 4. The summed E-state index contributed by atoms with van der Waals surface area (Å²) in [5.41, 5.74) is 0.207. The molecule has 3 saturated heterocycles. The minimum Gasteiger partial charge on any atom is -0.378 e. The molecule has 3 unspecified atom stereocenters. The summed E-state index contributed by atoms with van der Waals surface area (Å²) in [7, 11) is 0. The molecule has 0 saturated carbocycles. The summed E-state index contributed by atoms with van der Waals surface area (Å²) < 4.78 is 11.8. The van der Waals surface area contributed by atoms with E-state index in [2.05, 4.69) is 24.0 Å². The average molecular weight is 285 g/mol. The molecule has 0 radical (unpaired) electrons. The van der Waals surface area contributed by atoms with Crippen LogP contribution >= 0.6 is 11.8 Å². The molecular weight excluding hydrogens is 258 g/mol. The Morgan fingerprint density at radius 3 is 2.79 bits per heavy atom. The third-order valence-electron chi connectivity index (χ3n) is 5.10. The zero-order valence-electron chi connectivity index (χ0n) is 12.0. The number of thioether (sulfide) groups is 1. The Labute approximate surface area is 121 Å². The third-order valence-corrected chi connectivity index (χ3v) is 6.08. The Kier molecular flexibility index (Phi) is 4.73. The van der Waals surface area contributed by atoms with Gasteiger partial charge < -0.3 is 14.8 Å². The third kappa shape index (κ3) is 3.46. The van der Waals surface area contributed by atoms with Crippen molar-refractivity contribution in [3.05, 3.63) is 0 Å². The zero-order chi connectivity index (χ0) is 13.1. The van der Waals surface area contributed by atoms with Crippen LogP contribution in [0.25, 0.3) is 0 Å². The van der Waals surface area contributed by atoms with Crippen LogP contribution in [0.2, 0.25) is 0 Å². The molecule has 1 spiro atoms. The van der Waals surface area contributed by atoms with Gasteiger partial charge in [-0.15, -0.1) is 0 Å². The Hall–Kier alpha value is 0.230. The average Bonchev–Trinajstić information content (AvgIpc) is 2.83. The molecule has 0 amide bonds. The highest BCUT2D eigenvalue weighted by Crippen LogP contribution is 2.37. The van der Waals surface area contributed by atoms with Crippen LogP contribution in [0.1, 0.15) is 39.0 Å². The first kappa shape index (κ1) is 14.2. The van der Waals surface area contributed by atoms with E-state index in [0.717, 1.165) is 19.8 Å². The normalized spacial score (nSPS) is 38.7. The van der Waals surface area contributed by atoms with Crippen molar-refractivity contribution < 1.29 is 9.47 Å². The van der Waals surface area contributed by atoms with Crippen molar-refractivity contribution in [2.24, 2.45) is 5.92 Å². The lowest BCUT2D eigenvalue weighted by Crippen LogP contribution is -2.49. The fraction of sp³-hybridized carbons (Fsp3) is 1.00. The summed E-state index contributed by atoms with van der Waals surface area (Å²) >= 11 is 2.08. The maximum atomic E-state index is 6.15. The minimum absolute atomic E-state index is 0.207. The van der Waals surface area contributed by atoms with Crippen molar-refractivity contribution in [1.29, 1.82) is 0 Å². The van der Waals surface area contributed by atoms with Gasteiger partial charge in [-0.25, -0.2) is 0 Å². The number of hydrogen-bond donors (Lipinski definition) is 1. The highest BCUT2D eigenvalue weighted by atomic mass is 32.2. The predicted octanol–water partition coefficient (Wildman–Crippen LogP) is 2.45. The van der Waals surface area contributed by atoms with E-state index in [1.54, 1.807) is 0 Å². The van der Waals surface area contributed by atoms with E-state index < -0.39 is 0 Å². The summed E-state index contributed by atoms with van der Waals surface area (Å²) in [6.45, 7) is 5.22. The molecule has 1 N–H and O–H groups in total. The van der Waals surface area contributed by atoms with Crippen molar-refractivity contribution in [2.45, 2.75) is 56.8 Å². The molecule has 3 heterocycles. The molecule has 3 atom stereocenters. The summed E-state index contributed by atoms with van der Waals surface area (Å²) in [6, 6.07) is 0.657. The summed E-state index contributed by atoms with van der Waals surface area (Å²) in [5, 5.41) is 3.80. The number of nitrogens with one attached hydrogen (secondary N) is 1. The molecular formula is C15H27NO2S. The van der Waals surface area contributed by atoms with Crippen LogP contribution in [-0.2, 0) is 9.47 Å². The van der Waals surface area contributed by atoms with Gasteiger partial charge in [0.05, 0.1) is 11.7 Å². The van der Waals surface area contributed by atoms with Crippen molar-refractivity contribution in [2.75, 3.05) is 31.3 Å². The van der Waals surface area contributed by atoms with Gasteiger partial charge in [-0.2, -0.15) is 11.8 Å². The lowest BCUT2D eigenvalue weighted by Gasteiger charge is -2.43. The highest BCUT2D eigenvalue weighted by Gasteiger charge is 2.38. The van der Waals surface area contributed by atoms with Crippen molar-refractivity contribution in [3.8, 4) is 0 Å². The zero-order valence-corrected chi connectivity index (χ0v) is 12.8. The fourth-order valence-electron chi connectivity index (χ4n) is 3.66. The lowest BCUT2D eigenvalue weighted by molar-refractivity contribution is -0.0935. The van der Waals surface area contributed by atoms with E-state index >= 15 is 0 Å². The van der Waals surface area contributed by atoms with Gasteiger partial charge in [0.25, 0.3) is 0 Å². The van der Waals surface area contributed by atoms with E-state index in [9.17, 15) is 0 Å². The quantitative estimate of drug-likeness (QED) is 0.863. The van der Waals surface area contributed by atoms with Crippen LogP contribution in [-0.4, -0.2) is 49.0 Å². The van der Waals surface area contributed by atoms with E-state index in [1.165, 1.54) is 43.6 Å². The standard InChI is InChI=1S/C15H27NO2S/c1-12-13(2-6-17-12)11-16-14-3-7-18-15(10-14)4-8-19-9-5-15/h12-14,16H,2-11H2,1H3. The second-order valence-electron chi connectivity index (χ2n) is 6.37. The van der Waals surface area contributed by atoms with Crippen LogP contribution in [0.3, 0.4) is 0 Å². The van der Waals surface area contributed by atoms with Crippen molar-refractivity contribution in [1.82, 2.24) is 5.32 Å². The maximum Gasteiger partial charge on any atom is 0.0713 e. The van der Waals surface area contributed by atoms with Gasteiger partial charge in [0, 0.05) is 25.8 Å². The summed E-state index contributed by atoms with van der Waals surface area (Å²) in [4.78, 5) is 0. The first-order valence-electron chi connectivity index (χ1n) is 7.84. The monoisotopic (exact) mass is 285 g/mol. The largest absolute Gasteiger partial charge is 0.378 e. The van der Waals surface area contributed by atoms with Crippen LogP contribution in [0.4, 0.5) is 0 Å². The van der Waals surface area contributed by atoms with Crippen LogP contribution in [0.5, 0.6) is 0 Å². The second-order valence-corrected chi connectivity index (χ2v) is 7.59. The van der Waals surface area contributed by atoms with Gasteiger partial charge in [0.1, 0.15) is 0 Å². The minimum atomic E-state index is 0.207. The predicted molar refractivity (Wildman–Crippen MR) is 79.8 cm³/mol. The first-order valence-corrected chi connectivity index (χ1v) is 9.00. The van der Waals surface area contributed by atoms with E-state index in [4.69, 9.17) is 9.47 Å². The van der Waals surface area contributed by atoms with E-state index in [-0.39, 0.29) is 5.60 Å². The molecule has 0 aromatic heterocycles. The van der Waals surface area contributed by atoms with Gasteiger partial charge in [0.15, 0.2) is 0 Å². The Balaban J connectivity index is 1.48. The molecule has 4 heteroatoms. The van der Waals surface area contributed by atoms with Crippen LogP contribution in [0, 0.1) is 5.92 Å². The molecule has 0 bridgehead atoms. The molecule has 3 nitrogen and oxygen atoms in total. The molecule has 110 valence electrons. The molecule has 3 rings (SSSR count). The van der Waals surface area contributed by atoms with Gasteiger partial charge in [-0.3, -0.25) is 0 Å². The van der Waals surface area contributed by atoms with Crippen molar-refractivity contribution >= 4 is 11.8 Å². The van der Waals surface area contributed by atoms with E-state index in [1.807, 2.05) is 0 Å². The molecule has 0 aliphatic carbocycles. The van der Waals surface area contributed by atoms with Crippen LogP contribution < -0.4 is 5.32 Å². The molecule has 19 heavy (non-hydrogen) atoms. The fourth-order valence-corrected chi connectivity index (χ4v) is 4.89. The number of rotatable bonds is 3. The molecule has 3 aliphatic rings. The summed E-state index contributed by atoms with van der Waals surface area (Å²) in [6.07, 6.45) is 6.55. The van der Waals surface area contributed by atoms with Crippen LogP contribution in [0.15, 0.2) is 0 Å². The van der Waals surface area contributed by atoms with Gasteiger partial charge in [0.2, 0.25) is 0 Å². The lowest BCUT2D eigenvalue weighted by atomic mass is 9.85. The highest BCUT2D eigenvalue weighted by molar-refractivity contribution is 7.99. The molecule has 3 fully saturated rings. The SMILES string of the molecule is CC1OCCC1CNC1CCOC2(CCSCC2)C1. The number of ether oxygens (including phenoxy) is 2. The van der Waals surface area contributed by atoms with Crippen molar-refractivity contribution in [3.63, 3.8) is 0 Å². The first-order chi connectivity index (χ1) is 9.27. The summed E-state index contributed by atoms with van der Waals surface area (Å²) in [5.74, 6) is 3.26. The van der Waals surface area contributed by atoms with E-state index in [0.29, 0.717) is 18.1 Å². The van der Waals surface area contributed by atoms with Gasteiger partial charge in [-0.1, -0.05) is 0 Å². The topological polar surface area (TPSA) is 30.5 Å². The smallest absolute Gasteiger partial charge is 0.0713 e. The Bertz CT molecular complexity index is 288. The Morgan fingerprint density at radius 1 is 1.21 bits per heavy atom. The second kappa shape index (κ2) is 6.33. The molecule has 3 aliphatic heterocycles.